The van der Waals surface area contributed by atoms with E-state index < -0.39 is 0 Å². The zero-order valence-corrected chi connectivity index (χ0v) is 8.84. The summed E-state index contributed by atoms with van der Waals surface area (Å²) < 4.78 is 1.78. The van der Waals surface area contributed by atoms with Crippen LogP contribution in [0, 0.1) is 6.92 Å². The number of aldehydes is 1. The lowest BCUT2D eigenvalue weighted by atomic mass is 10.2. The molecule has 0 spiro atoms. The van der Waals surface area contributed by atoms with Crippen molar-refractivity contribution in [2.75, 3.05) is 0 Å². The summed E-state index contributed by atoms with van der Waals surface area (Å²) in [6.45, 7) is 1.97. The monoisotopic (exact) mass is 206 g/mol. The Hall–Kier alpha value is -1.42. The fraction of sp³-hybridized carbons (Fsp3) is 0.200. The van der Waals surface area contributed by atoms with E-state index in [2.05, 4.69) is 5.10 Å². The van der Waals surface area contributed by atoms with Gasteiger partial charge in [0.2, 0.25) is 0 Å². The van der Waals surface area contributed by atoms with Gasteiger partial charge < -0.3 is 0 Å². The van der Waals surface area contributed by atoms with Crippen molar-refractivity contribution >= 4 is 17.6 Å². The Kier molecular flexibility index (Phi) is 2.21. The van der Waals surface area contributed by atoms with Crippen LogP contribution in [-0.4, -0.2) is 16.1 Å². The molecule has 2 heterocycles. The molecular weight excluding hydrogens is 196 g/mol. The number of rotatable bonds is 2. The van der Waals surface area contributed by atoms with Gasteiger partial charge in [0, 0.05) is 23.7 Å². The molecule has 0 aliphatic heterocycles. The van der Waals surface area contributed by atoms with E-state index in [1.165, 1.54) is 11.3 Å². The van der Waals surface area contributed by atoms with Crippen molar-refractivity contribution in [3.63, 3.8) is 0 Å². The third kappa shape index (κ3) is 1.48. The van der Waals surface area contributed by atoms with Crippen molar-refractivity contribution in [1.82, 2.24) is 9.78 Å². The fourth-order valence-electron chi connectivity index (χ4n) is 1.40. The minimum Gasteiger partial charge on any atom is -0.297 e. The summed E-state index contributed by atoms with van der Waals surface area (Å²) in [6, 6.07) is 3.79. The molecular formula is C10H10N2OS. The molecule has 2 aromatic rings. The quantitative estimate of drug-likeness (QED) is 0.706. The summed E-state index contributed by atoms with van der Waals surface area (Å²) >= 11 is 1.49. The van der Waals surface area contributed by atoms with Crippen LogP contribution in [0.1, 0.15) is 15.4 Å². The normalized spacial score (nSPS) is 10.4. The van der Waals surface area contributed by atoms with Gasteiger partial charge in [-0.15, -0.1) is 11.3 Å². The topological polar surface area (TPSA) is 34.9 Å². The first-order chi connectivity index (χ1) is 6.70. The second kappa shape index (κ2) is 3.38. The van der Waals surface area contributed by atoms with E-state index in [0.29, 0.717) is 0 Å². The number of hydrogen-bond acceptors (Lipinski definition) is 3. The average molecular weight is 206 g/mol. The molecule has 0 saturated heterocycles. The molecule has 72 valence electrons. The maximum Gasteiger partial charge on any atom is 0.160 e. The van der Waals surface area contributed by atoms with Crippen molar-refractivity contribution in [3.8, 4) is 10.4 Å². The van der Waals surface area contributed by atoms with Crippen LogP contribution in [0.15, 0.2) is 18.3 Å². The van der Waals surface area contributed by atoms with Crippen LogP contribution < -0.4 is 0 Å². The third-order valence-electron chi connectivity index (χ3n) is 2.02. The fourth-order valence-corrected chi connectivity index (χ4v) is 2.29. The first-order valence-corrected chi connectivity index (χ1v) is 5.08. The predicted molar refractivity (Wildman–Crippen MR) is 56.6 cm³/mol. The summed E-state index contributed by atoms with van der Waals surface area (Å²) in [4.78, 5) is 12.4. The summed E-state index contributed by atoms with van der Waals surface area (Å²) in [5.41, 5.74) is 2.09. The first-order valence-electron chi connectivity index (χ1n) is 4.26. The van der Waals surface area contributed by atoms with Gasteiger partial charge in [-0.1, -0.05) is 0 Å². The van der Waals surface area contributed by atoms with Crippen molar-refractivity contribution in [2.45, 2.75) is 6.92 Å². The van der Waals surface area contributed by atoms with Crippen LogP contribution in [0.4, 0.5) is 0 Å². The van der Waals surface area contributed by atoms with Gasteiger partial charge in [0.25, 0.3) is 0 Å². The summed E-state index contributed by atoms with van der Waals surface area (Å²) in [7, 11) is 1.89. The van der Waals surface area contributed by atoms with Gasteiger partial charge in [-0.25, -0.2) is 0 Å². The smallest absolute Gasteiger partial charge is 0.160 e. The molecule has 4 heteroatoms. The van der Waals surface area contributed by atoms with Gasteiger partial charge in [0.05, 0.1) is 10.6 Å². The zero-order chi connectivity index (χ0) is 10.1. The van der Waals surface area contributed by atoms with Crippen LogP contribution in [0.2, 0.25) is 0 Å². The highest BCUT2D eigenvalue weighted by Gasteiger charge is 2.08. The summed E-state index contributed by atoms with van der Waals surface area (Å²) in [6.07, 6.45) is 2.84. The van der Waals surface area contributed by atoms with Gasteiger partial charge in [-0.05, 0) is 19.1 Å². The molecule has 0 amide bonds. The van der Waals surface area contributed by atoms with E-state index in [1.807, 2.05) is 32.3 Å². The van der Waals surface area contributed by atoms with Crippen LogP contribution in [0.3, 0.4) is 0 Å². The van der Waals surface area contributed by atoms with Crippen molar-refractivity contribution in [1.29, 1.82) is 0 Å². The number of aryl methyl sites for hydroxylation is 2. The second-order valence-electron chi connectivity index (χ2n) is 3.12. The number of aromatic nitrogens is 2. The molecule has 0 N–H and O–H groups in total. The summed E-state index contributed by atoms with van der Waals surface area (Å²) in [5, 5.41) is 4.26. The molecule has 2 aromatic heterocycles. The number of carbonyl (C=O) groups is 1. The van der Waals surface area contributed by atoms with Crippen LogP contribution >= 0.6 is 11.3 Å². The van der Waals surface area contributed by atoms with Crippen molar-refractivity contribution in [3.05, 3.63) is 28.9 Å². The number of thiophene rings is 1. The van der Waals surface area contributed by atoms with E-state index in [9.17, 15) is 4.79 Å². The molecule has 0 unspecified atom stereocenters. The van der Waals surface area contributed by atoms with Gasteiger partial charge >= 0.3 is 0 Å². The molecule has 0 aromatic carbocycles. The minimum absolute atomic E-state index is 0.753. The lowest BCUT2D eigenvalue weighted by Crippen LogP contribution is -1.86. The first kappa shape index (κ1) is 9.15. The van der Waals surface area contributed by atoms with Crippen LogP contribution in [-0.2, 0) is 7.05 Å². The molecule has 0 fully saturated rings. The highest BCUT2D eigenvalue weighted by atomic mass is 32.1. The number of nitrogens with zero attached hydrogens (tertiary/aromatic N) is 2. The van der Waals surface area contributed by atoms with Crippen molar-refractivity contribution in [2.24, 2.45) is 7.05 Å². The zero-order valence-electron chi connectivity index (χ0n) is 8.02. The minimum atomic E-state index is 0.753. The van der Waals surface area contributed by atoms with Crippen LogP contribution in [0.5, 0.6) is 0 Å². The maximum absolute atomic E-state index is 10.5. The molecule has 0 aliphatic carbocycles. The van der Waals surface area contributed by atoms with Gasteiger partial charge in [-0.3, -0.25) is 9.48 Å². The third-order valence-corrected chi connectivity index (χ3v) is 3.07. The lowest BCUT2D eigenvalue weighted by Gasteiger charge is -1.90. The van der Waals surface area contributed by atoms with E-state index in [1.54, 1.807) is 4.68 Å². The Morgan fingerprint density at radius 3 is 2.79 bits per heavy atom. The Bertz CT molecular complexity index is 470. The van der Waals surface area contributed by atoms with E-state index >= 15 is 0 Å². The van der Waals surface area contributed by atoms with Gasteiger partial charge in [0.15, 0.2) is 6.29 Å². The second-order valence-corrected chi connectivity index (χ2v) is 4.24. The highest BCUT2D eigenvalue weighted by Crippen LogP contribution is 2.28. The maximum atomic E-state index is 10.5. The number of hydrogen-bond donors (Lipinski definition) is 0. The van der Waals surface area contributed by atoms with E-state index in [-0.39, 0.29) is 0 Å². The van der Waals surface area contributed by atoms with E-state index in [0.717, 1.165) is 27.3 Å². The molecule has 14 heavy (non-hydrogen) atoms. The van der Waals surface area contributed by atoms with Crippen LogP contribution in [0.25, 0.3) is 10.4 Å². The molecule has 0 aliphatic rings. The molecule has 0 radical (unpaired) electrons. The Morgan fingerprint density at radius 2 is 2.29 bits per heavy atom. The Morgan fingerprint density at radius 1 is 1.50 bits per heavy atom. The molecule has 0 saturated carbocycles. The van der Waals surface area contributed by atoms with Crippen molar-refractivity contribution < 1.29 is 4.79 Å². The molecule has 2 rings (SSSR count). The molecule has 0 bridgehead atoms. The number of carbonyl (C=O) groups excluding carboxylic acids is 1. The van der Waals surface area contributed by atoms with Gasteiger partial charge in [0.1, 0.15) is 0 Å². The average Bonchev–Trinajstić information content (AvgIpc) is 2.71. The summed E-state index contributed by atoms with van der Waals surface area (Å²) in [5.74, 6) is 0. The Labute approximate surface area is 86.0 Å². The van der Waals surface area contributed by atoms with Gasteiger partial charge in [-0.2, -0.15) is 5.10 Å². The largest absolute Gasteiger partial charge is 0.297 e. The standard InChI is InChI=1S/C10H10N2OS/c1-7-9(5-12(2)11-7)10-4-3-8(6-13)14-10/h3-6H,1-2H3. The van der Waals surface area contributed by atoms with E-state index in [4.69, 9.17) is 0 Å². The Balaban J connectivity index is 2.48. The highest BCUT2D eigenvalue weighted by molar-refractivity contribution is 7.17. The SMILES string of the molecule is Cc1nn(C)cc1-c1ccc(C=O)s1. The molecule has 3 nitrogen and oxygen atoms in total. The molecule has 0 atom stereocenters. The lowest BCUT2D eigenvalue weighted by molar-refractivity contribution is 0.112. The predicted octanol–water partition coefficient (Wildman–Crippen LogP) is 2.27.